The molecule has 1 N–H and O–H groups in total. The maximum atomic E-state index is 9.59. The monoisotopic (exact) mass is 423 g/mol. The number of aryl methyl sites for hydroxylation is 2. The van der Waals surface area contributed by atoms with Crippen LogP contribution in [-0.4, -0.2) is 27.2 Å². The average Bonchev–Trinajstić information content (AvgIpc) is 2.77. The molecule has 0 saturated heterocycles. The van der Waals surface area contributed by atoms with Crippen molar-refractivity contribution in [2.75, 3.05) is 7.11 Å². The van der Waals surface area contributed by atoms with E-state index in [1.807, 2.05) is 13.8 Å². The highest BCUT2D eigenvalue weighted by atomic mass is 16.5. The minimum Gasteiger partial charge on any atom is -0.497 e. The van der Waals surface area contributed by atoms with Crippen LogP contribution >= 0.6 is 0 Å². The van der Waals surface area contributed by atoms with E-state index in [1.165, 1.54) is 19.3 Å². The summed E-state index contributed by atoms with van der Waals surface area (Å²) in [6.07, 6.45) is 9.73. The number of rotatable bonds is 7. The lowest BCUT2D eigenvalue weighted by molar-refractivity contribution is 0.278. The second-order valence-corrected chi connectivity index (χ2v) is 7.36. The fourth-order valence-electron chi connectivity index (χ4n) is 3.20. The molecule has 2 aromatic rings. The molecule has 1 aliphatic heterocycles. The van der Waals surface area contributed by atoms with Gasteiger partial charge >= 0.3 is 0 Å². The molecule has 0 aliphatic carbocycles. The summed E-state index contributed by atoms with van der Waals surface area (Å²) in [7, 11) is 1.55. The Hall–Kier alpha value is -2.99. The van der Waals surface area contributed by atoms with E-state index in [2.05, 4.69) is 42.0 Å². The second kappa shape index (κ2) is 11.4. The third kappa shape index (κ3) is 5.79. The molecular formula is C25H33N3O3. The smallest absolute Gasteiger partial charge is 0.226 e. The Morgan fingerprint density at radius 2 is 1.90 bits per heavy atom. The molecule has 1 aliphatic rings. The molecular weight excluding hydrogens is 390 g/mol. The highest BCUT2D eigenvalue weighted by Crippen LogP contribution is 2.39. The number of aromatic nitrogens is 3. The third-order valence-electron chi connectivity index (χ3n) is 5.07. The van der Waals surface area contributed by atoms with Gasteiger partial charge in [0.15, 0.2) is 11.6 Å². The Balaban J connectivity index is 0.000000614. The number of fused-ring (bicyclic) bond motifs is 2. The summed E-state index contributed by atoms with van der Waals surface area (Å²) < 4.78 is 11.2. The number of aliphatic hydroxyl groups excluding tert-OH is 1. The van der Waals surface area contributed by atoms with Gasteiger partial charge in [0.05, 0.1) is 19.4 Å². The molecule has 3 rings (SSSR count). The Morgan fingerprint density at radius 3 is 2.45 bits per heavy atom. The molecule has 0 amide bonds. The summed E-state index contributed by atoms with van der Waals surface area (Å²) in [6.45, 7) is 15.7. The van der Waals surface area contributed by atoms with E-state index < -0.39 is 0 Å². The van der Waals surface area contributed by atoms with Crippen LogP contribution in [0.3, 0.4) is 0 Å². The Morgan fingerprint density at radius 1 is 1.19 bits per heavy atom. The minimum absolute atomic E-state index is 0.0885. The summed E-state index contributed by atoms with van der Waals surface area (Å²) in [6, 6.07) is 0. The number of allylic oxidation sites excluding steroid dienone is 3. The summed E-state index contributed by atoms with van der Waals surface area (Å²) >= 11 is 0. The normalized spacial score (nSPS) is 12.0. The number of unbranched alkanes of at least 4 members (excludes halogenated alkanes) is 2. The lowest BCUT2D eigenvalue weighted by atomic mass is 9.97. The maximum Gasteiger partial charge on any atom is 0.226 e. The van der Waals surface area contributed by atoms with Crippen LogP contribution in [-0.2, 0) is 17.8 Å². The molecule has 166 valence electrons. The summed E-state index contributed by atoms with van der Waals surface area (Å²) in [5.41, 5.74) is 4.84. The molecule has 0 unspecified atom stereocenters. The molecule has 0 bridgehead atoms. The number of methoxy groups -OCH3 is 1. The molecule has 2 aromatic heterocycles. The summed E-state index contributed by atoms with van der Waals surface area (Å²) in [5.74, 6) is 2.12. The van der Waals surface area contributed by atoms with Crippen molar-refractivity contribution in [2.24, 2.45) is 0 Å². The van der Waals surface area contributed by atoms with Crippen molar-refractivity contribution in [3.8, 4) is 11.6 Å². The van der Waals surface area contributed by atoms with Crippen LogP contribution in [0.1, 0.15) is 67.0 Å². The van der Waals surface area contributed by atoms with E-state index >= 15 is 0 Å². The van der Waals surface area contributed by atoms with Gasteiger partial charge in [-0.15, -0.1) is 0 Å². The van der Waals surface area contributed by atoms with Crippen molar-refractivity contribution in [2.45, 2.75) is 60.0 Å². The van der Waals surface area contributed by atoms with Crippen LogP contribution < -0.4 is 4.74 Å². The number of nitrogens with zero attached hydrogens (tertiary/aromatic N) is 3. The van der Waals surface area contributed by atoms with Gasteiger partial charge < -0.3 is 14.6 Å². The fourth-order valence-corrected chi connectivity index (χ4v) is 3.20. The van der Waals surface area contributed by atoms with Gasteiger partial charge in [-0.1, -0.05) is 52.3 Å². The first kappa shape index (κ1) is 24.3. The van der Waals surface area contributed by atoms with Crippen LogP contribution in [0.2, 0.25) is 0 Å². The molecule has 0 saturated carbocycles. The maximum absolute atomic E-state index is 9.59. The molecule has 0 aromatic carbocycles. The first-order chi connectivity index (χ1) is 14.9. The Labute approximate surface area is 185 Å². The Bertz CT molecular complexity index is 978. The van der Waals surface area contributed by atoms with Crippen LogP contribution in [0.15, 0.2) is 37.3 Å². The molecule has 0 fully saturated rings. The minimum atomic E-state index is -0.0885. The average molecular weight is 424 g/mol. The van der Waals surface area contributed by atoms with Gasteiger partial charge in [0.25, 0.3) is 0 Å². The zero-order valence-electron chi connectivity index (χ0n) is 19.3. The zero-order chi connectivity index (χ0) is 23.0. The van der Waals surface area contributed by atoms with E-state index in [-0.39, 0.29) is 6.61 Å². The number of hydrogen-bond donors (Lipinski definition) is 1. The van der Waals surface area contributed by atoms with Gasteiger partial charge in [0, 0.05) is 40.6 Å². The Kier molecular flexibility index (Phi) is 8.94. The van der Waals surface area contributed by atoms with Gasteiger partial charge in [-0.3, -0.25) is 4.98 Å². The quantitative estimate of drug-likeness (QED) is 0.393. The van der Waals surface area contributed by atoms with Crippen molar-refractivity contribution in [1.82, 2.24) is 15.0 Å². The van der Waals surface area contributed by atoms with E-state index in [1.54, 1.807) is 25.5 Å². The SMILES string of the molecule is C=C/C(=C\C(=C)OC)c1nc(C)c2c(n1)Oc1c(C)ncc(CO)c1C2.CCCCC. The molecule has 6 nitrogen and oxygen atoms in total. The summed E-state index contributed by atoms with van der Waals surface area (Å²) in [4.78, 5) is 13.5. The van der Waals surface area contributed by atoms with Crippen LogP contribution in [0.5, 0.6) is 11.6 Å². The predicted molar refractivity (Wildman–Crippen MR) is 124 cm³/mol. The van der Waals surface area contributed by atoms with Crippen molar-refractivity contribution in [3.63, 3.8) is 0 Å². The largest absolute Gasteiger partial charge is 0.497 e. The molecule has 3 heterocycles. The van der Waals surface area contributed by atoms with Gasteiger partial charge in [0.1, 0.15) is 5.76 Å². The van der Waals surface area contributed by atoms with E-state index in [4.69, 9.17) is 9.47 Å². The lowest BCUT2D eigenvalue weighted by Crippen LogP contribution is -2.13. The third-order valence-corrected chi connectivity index (χ3v) is 5.07. The fraction of sp³-hybridized carbons (Fsp3) is 0.400. The molecule has 6 heteroatoms. The molecule has 0 radical (unpaired) electrons. The topological polar surface area (TPSA) is 77.4 Å². The van der Waals surface area contributed by atoms with Crippen molar-refractivity contribution in [1.29, 1.82) is 0 Å². The zero-order valence-corrected chi connectivity index (χ0v) is 19.3. The van der Waals surface area contributed by atoms with Crippen molar-refractivity contribution in [3.05, 3.63) is 71.2 Å². The first-order valence-electron chi connectivity index (χ1n) is 10.6. The van der Waals surface area contributed by atoms with E-state index in [0.29, 0.717) is 35.2 Å². The second-order valence-electron chi connectivity index (χ2n) is 7.36. The van der Waals surface area contributed by atoms with E-state index in [0.717, 1.165) is 28.1 Å². The number of ether oxygens (including phenoxy) is 2. The van der Waals surface area contributed by atoms with Gasteiger partial charge in [-0.05, 0) is 19.9 Å². The number of aliphatic hydroxyl groups is 1. The van der Waals surface area contributed by atoms with Crippen LogP contribution in [0, 0.1) is 13.8 Å². The summed E-state index contributed by atoms with van der Waals surface area (Å²) in [5, 5.41) is 9.59. The first-order valence-corrected chi connectivity index (χ1v) is 10.6. The van der Waals surface area contributed by atoms with Gasteiger partial charge in [0.2, 0.25) is 5.88 Å². The predicted octanol–water partition coefficient (Wildman–Crippen LogP) is 5.60. The molecule has 31 heavy (non-hydrogen) atoms. The van der Waals surface area contributed by atoms with Gasteiger partial charge in [-0.2, -0.15) is 4.98 Å². The lowest BCUT2D eigenvalue weighted by Gasteiger charge is -2.24. The number of pyridine rings is 1. The van der Waals surface area contributed by atoms with Crippen molar-refractivity contribution < 1.29 is 14.6 Å². The number of hydrogen-bond acceptors (Lipinski definition) is 6. The van der Waals surface area contributed by atoms with Crippen LogP contribution in [0.25, 0.3) is 5.57 Å². The van der Waals surface area contributed by atoms with E-state index in [9.17, 15) is 5.11 Å². The van der Waals surface area contributed by atoms with Gasteiger partial charge in [-0.25, -0.2) is 4.98 Å². The molecule has 0 atom stereocenters. The van der Waals surface area contributed by atoms with Crippen molar-refractivity contribution >= 4 is 5.57 Å². The highest BCUT2D eigenvalue weighted by Gasteiger charge is 2.26. The molecule has 0 spiro atoms. The highest BCUT2D eigenvalue weighted by molar-refractivity contribution is 5.71. The standard InChI is InChI=1S/C20H21N3O3.C5H12/c1-6-14(7-11(2)25-5)19-22-12(3)16-8-17-15(10-24)9-21-13(4)18(17)26-20(16)23-19;1-3-5-4-2/h6-7,9,24H,1-2,8,10H2,3-5H3;3-5H2,1-2H3/b14-7+;. The van der Waals surface area contributed by atoms with Crippen LogP contribution in [0.4, 0.5) is 0 Å².